The molecule has 6 nitrogen and oxygen atoms in total. The SMILES string of the molecule is C=C(C)C(=O)Oc1ccc(-c2nncn2-c2c(C)c(C)c(C)c(C)c2C)cn1. The number of carbonyl (C=O) groups excluding carboxylic acids is 1. The zero-order chi connectivity index (χ0) is 20.6. The molecule has 6 heteroatoms. The minimum Gasteiger partial charge on any atom is -0.404 e. The smallest absolute Gasteiger partial charge is 0.339 e. The highest BCUT2D eigenvalue weighted by Gasteiger charge is 2.18. The minimum absolute atomic E-state index is 0.220. The van der Waals surface area contributed by atoms with E-state index in [2.05, 4.69) is 56.4 Å². The van der Waals surface area contributed by atoms with Crippen molar-refractivity contribution in [2.75, 3.05) is 0 Å². The van der Waals surface area contributed by atoms with E-state index in [4.69, 9.17) is 4.74 Å². The van der Waals surface area contributed by atoms with Gasteiger partial charge in [0.15, 0.2) is 5.82 Å². The summed E-state index contributed by atoms with van der Waals surface area (Å²) in [4.78, 5) is 15.9. The molecular weight excluding hydrogens is 352 g/mol. The van der Waals surface area contributed by atoms with Crippen molar-refractivity contribution >= 4 is 5.97 Å². The number of ether oxygens (including phenoxy) is 1. The van der Waals surface area contributed by atoms with Crippen LogP contribution < -0.4 is 4.74 Å². The number of pyridine rings is 1. The van der Waals surface area contributed by atoms with Crippen LogP contribution in [-0.4, -0.2) is 25.7 Å². The molecule has 2 aromatic heterocycles. The van der Waals surface area contributed by atoms with Crippen LogP contribution in [0.5, 0.6) is 5.88 Å². The lowest BCUT2D eigenvalue weighted by Crippen LogP contribution is -2.09. The topological polar surface area (TPSA) is 69.9 Å². The van der Waals surface area contributed by atoms with Crippen LogP contribution in [0.2, 0.25) is 0 Å². The van der Waals surface area contributed by atoms with Crippen LogP contribution in [0.3, 0.4) is 0 Å². The molecule has 0 spiro atoms. The van der Waals surface area contributed by atoms with Gasteiger partial charge in [0.05, 0.1) is 5.69 Å². The van der Waals surface area contributed by atoms with Gasteiger partial charge in [-0.15, -0.1) is 10.2 Å². The molecule has 1 aromatic carbocycles. The molecule has 0 unspecified atom stereocenters. The molecule has 0 amide bonds. The summed E-state index contributed by atoms with van der Waals surface area (Å²) in [5.74, 6) is 0.400. The zero-order valence-corrected chi connectivity index (χ0v) is 17.1. The van der Waals surface area contributed by atoms with Crippen molar-refractivity contribution in [1.82, 2.24) is 19.7 Å². The molecular formula is C22H24N4O2. The molecule has 0 aliphatic heterocycles. The van der Waals surface area contributed by atoms with Crippen LogP contribution in [0.15, 0.2) is 36.8 Å². The van der Waals surface area contributed by atoms with Crippen molar-refractivity contribution in [3.63, 3.8) is 0 Å². The van der Waals surface area contributed by atoms with E-state index < -0.39 is 5.97 Å². The van der Waals surface area contributed by atoms with Crippen molar-refractivity contribution < 1.29 is 9.53 Å². The van der Waals surface area contributed by atoms with Crippen LogP contribution in [-0.2, 0) is 4.79 Å². The molecule has 3 aromatic rings. The molecule has 0 N–H and O–H groups in total. The third-order valence-corrected chi connectivity index (χ3v) is 5.29. The number of hydrogen-bond acceptors (Lipinski definition) is 5. The number of nitrogens with zero attached hydrogens (tertiary/aromatic N) is 4. The van der Waals surface area contributed by atoms with Crippen molar-refractivity contribution in [3.05, 3.63) is 64.6 Å². The normalized spacial score (nSPS) is 10.8. The van der Waals surface area contributed by atoms with E-state index in [0.717, 1.165) is 11.3 Å². The number of aromatic nitrogens is 4. The monoisotopic (exact) mass is 376 g/mol. The van der Waals surface area contributed by atoms with E-state index in [9.17, 15) is 4.79 Å². The molecule has 0 saturated carbocycles. The molecule has 2 heterocycles. The van der Waals surface area contributed by atoms with E-state index >= 15 is 0 Å². The predicted octanol–water partition coefficient (Wildman–Crippen LogP) is 4.35. The van der Waals surface area contributed by atoms with Crippen LogP contribution >= 0.6 is 0 Å². The highest BCUT2D eigenvalue weighted by molar-refractivity contribution is 5.88. The average molecular weight is 376 g/mol. The van der Waals surface area contributed by atoms with E-state index in [0.29, 0.717) is 11.4 Å². The van der Waals surface area contributed by atoms with Gasteiger partial charge in [-0.3, -0.25) is 4.57 Å². The average Bonchev–Trinajstić information content (AvgIpc) is 3.15. The first-order valence-electron chi connectivity index (χ1n) is 9.03. The van der Waals surface area contributed by atoms with Gasteiger partial charge in [0.25, 0.3) is 0 Å². The molecule has 0 bridgehead atoms. The second kappa shape index (κ2) is 7.38. The highest BCUT2D eigenvalue weighted by atomic mass is 16.5. The molecule has 0 saturated heterocycles. The third kappa shape index (κ3) is 3.33. The molecule has 0 radical (unpaired) electrons. The van der Waals surface area contributed by atoms with Crippen LogP contribution in [0.4, 0.5) is 0 Å². The summed E-state index contributed by atoms with van der Waals surface area (Å²) in [5, 5.41) is 8.42. The van der Waals surface area contributed by atoms with Gasteiger partial charge >= 0.3 is 5.97 Å². The Morgan fingerprint density at radius 2 is 1.61 bits per heavy atom. The quantitative estimate of drug-likeness (QED) is 0.500. The molecule has 0 aliphatic carbocycles. The van der Waals surface area contributed by atoms with Gasteiger partial charge < -0.3 is 4.74 Å². The van der Waals surface area contributed by atoms with Gasteiger partial charge in [-0.25, -0.2) is 9.78 Å². The Morgan fingerprint density at radius 1 is 1.00 bits per heavy atom. The second-order valence-corrected chi connectivity index (χ2v) is 7.05. The Bertz CT molecular complexity index is 1050. The first-order valence-corrected chi connectivity index (χ1v) is 9.03. The van der Waals surface area contributed by atoms with Crippen LogP contribution in [0.1, 0.15) is 34.7 Å². The zero-order valence-electron chi connectivity index (χ0n) is 17.1. The maximum absolute atomic E-state index is 11.6. The van der Waals surface area contributed by atoms with Crippen molar-refractivity contribution in [1.29, 1.82) is 0 Å². The van der Waals surface area contributed by atoms with Crippen LogP contribution in [0, 0.1) is 34.6 Å². The molecule has 28 heavy (non-hydrogen) atoms. The van der Waals surface area contributed by atoms with Gasteiger partial charge in [0.1, 0.15) is 6.33 Å². The standard InChI is InChI=1S/C22H24N4O2/c1-12(2)22(27)28-19-9-8-18(10-23-19)21-25-24-11-26(21)20-16(6)14(4)13(3)15(5)17(20)7/h8-11H,1H2,2-7H3. The maximum atomic E-state index is 11.6. The molecule has 3 rings (SSSR count). The molecule has 144 valence electrons. The highest BCUT2D eigenvalue weighted by Crippen LogP contribution is 2.31. The Labute approximate surface area is 164 Å². The Kier molecular flexibility index (Phi) is 5.14. The van der Waals surface area contributed by atoms with Gasteiger partial charge in [0.2, 0.25) is 5.88 Å². The van der Waals surface area contributed by atoms with Gasteiger partial charge in [0, 0.05) is 23.4 Å². The van der Waals surface area contributed by atoms with E-state index in [1.54, 1.807) is 25.5 Å². The number of hydrogen-bond donors (Lipinski definition) is 0. The summed E-state index contributed by atoms with van der Waals surface area (Å²) in [7, 11) is 0. The number of carbonyl (C=O) groups is 1. The van der Waals surface area contributed by atoms with Crippen molar-refractivity contribution in [2.24, 2.45) is 0 Å². The van der Waals surface area contributed by atoms with E-state index in [1.807, 2.05) is 10.6 Å². The van der Waals surface area contributed by atoms with Gasteiger partial charge in [-0.05, 0) is 75.4 Å². The molecule has 0 fully saturated rings. The molecule has 0 atom stereocenters. The number of benzene rings is 1. The van der Waals surface area contributed by atoms with E-state index in [-0.39, 0.29) is 5.88 Å². The summed E-state index contributed by atoms with van der Waals surface area (Å²) >= 11 is 0. The van der Waals surface area contributed by atoms with Gasteiger partial charge in [-0.2, -0.15) is 0 Å². The first-order chi connectivity index (χ1) is 13.2. The number of rotatable bonds is 4. The fraction of sp³-hybridized carbons (Fsp3) is 0.273. The first kappa shape index (κ1) is 19.5. The fourth-order valence-electron chi connectivity index (χ4n) is 3.19. The predicted molar refractivity (Wildman–Crippen MR) is 109 cm³/mol. The lowest BCUT2D eigenvalue weighted by Gasteiger charge is -2.20. The summed E-state index contributed by atoms with van der Waals surface area (Å²) in [6.45, 7) is 15.8. The number of esters is 1. The maximum Gasteiger partial charge on any atom is 0.339 e. The van der Waals surface area contributed by atoms with Crippen molar-refractivity contribution in [3.8, 4) is 23.0 Å². The Balaban J connectivity index is 2.05. The fourth-order valence-corrected chi connectivity index (χ4v) is 3.19. The largest absolute Gasteiger partial charge is 0.404 e. The van der Waals surface area contributed by atoms with Gasteiger partial charge in [-0.1, -0.05) is 6.58 Å². The minimum atomic E-state index is -0.500. The lowest BCUT2D eigenvalue weighted by atomic mass is 9.93. The van der Waals surface area contributed by atoms with E-state index in [1.165, 1.54) is 27.8 Å². The summed E-state index contributed by atoms with van der Waals surface area (Å²) < 4.78 is 7.14. The molecule has 0 aliphatic rings. The lowest BCUT2D eigenvalue weighted by molar-refractivity contribution is -0.130. The summed E-state index contributed by atoms with van der Waals surface area (Å²) in [6.07, 6.45) is 3.34. The van der Waals surface area contributed by atoms with Crippen LogP contribution in [0.25, 0.3) is 17.1 Å². The Hall–Kier alpha value is -3.28. The summed E-state index contributed by atoms with van der Waals surface area (Å²) in [6, 6.07) is 3.45. The van der Waals surface area contributed by atoms with Crippen molar-refractivity contribution in [2.45, 2.75) is 41.5 Å². The second-order valence-electron chi connectivity index (χ2n) is 7.05. The Morgan fingerprint density at radius 3 is 2.14 bits per heavy atom. The summed E-state index contributed by atoms with van der Waals surface area (Å²) in [5.41, 5.74) is 8.40. The third-order valence-electron chi connectivity index (χ3n) is 5.29.